The first-order valence-electron chi connectivity index (χ1n) is 10.2. The van der Waals surface area contributed by atoms with E-state index in [-0.39, 0.29) is 11.4 Å². The summed E-state index contributed by atoms with van der Waals surface area (Å²) in [5.41, 5.74) is 2.43. The summed E-state index contributed by atoms with van der Waals surface area (Å²) in [5, 5.41) is 16.5. The van der Waals surface area contributed by atoms with Crippen molar-refractivity contribution >= 4 is 63.0 Å². The van der Waals surface area contributed by atoms with Gasteiger partial charge < -0.3 is 4.74 Å². The Bertz CT molecular complexity index is 1420. The largest absolute Gasteiger partial charge is 0.489 e. The van der Waals surface area contributed by atoms with Gasteiger partial charge in [-0.1, -0.05) is 71.7 Å². The van der Waals surface area contributed by atoms with Crippen LogP contribution in [0.3, 0.4) is 0 Å². The van der Waals surface area contributed by atoms with Crippen LogP contribution in [-0.2, 0) is 11.4 Å². The highest BCUT2D eigenvalue weighted by atomic mass is 35.5. The lowest BCUT2D eigenvalue weighted by atomic mass is 10.1. The van der Waals surface area contributed by atoms with Gasteiger partial charge in [0.15, 0.2) is 5.84 Å². The standard InChI is InChI=1S/C25H16Cl2N4O2S/c26-20-10-3-1-7-16(20)14-33-17-8-5-6-15(12-17)13-19-22(28)31-25(29-23(19)32)34-24(30-31)18-9-2-4-11-21(18)27/h1-13,28H,14H2/b19-13-,28-22?. The number of ether oxygens (including phenoxy) is 1. The number of hydrogen-bond donors (Lipinski definition) is 1. The van der Waals surface area contributed by atoms with E-state index in [1.807, 2.05) is 60.7 Å². The minimum Gasteiger partial charge on any atom is -0.489 e. The summed E-state index contributed by atoms with van der Waals surface area (Å²) in [7, 11) is 0. The molecule has 168 valence electrons. The molecular weight excluding hydrogens is 491 g/mol. The zero-order valence-corrected chi connectivity index (χ0v) is 19.9. The molecule has 0 saturated heterocycles. The summed E-state index contributed by atoms with van der Waals surface area (Å²) in [4.78, 5) is 16.9. The van der Waals surface area contributed by atoms with Crippen molar-refractivity contribution in [3.05, 3.63) is 105 Å². The predicted molar refractivity (Wildman–Crippen MR) is 138 cm³/mol. The SMILES string of the molecule is N=C1/C(=C/c2cccc(OCc3ccccc3Cl)c2)C(=O)N=C2SC(c3ccccc3Cl)=NN12. The van der Waals surface area contributed by atoms with Gasteiger partial charge in [-0.2, -0.15) is 15.1 Å². The van der Waals surface area contributed by atoms with Crippen molar-refractivity contribution in [3.8, 4) is 5.75 Å². The van der Waals surface area contributed by atoms with Crippen molar-refractivity contribution in [1.82, 2.24) is 5.01 Å². The van der Waals surface area contributed by atoms with Crippen molar-refractivity contribution in [1.29, 1.82) is 5.41 Å². The molecule has 3 aromatic rings. The minimum absolute atomic E-state index is 0.0491. The number of aliphatic imine (C=N–C) groups is 1. The number of amidine groups is 2. The molecule has 0 radical (unpaired) electrons. The highest BCUT2D eigenvalue weighted by Gasteiger charge is 2.36. The number of thioether (sulfide) groups is 1. The summed E-state index contributed by atoms with van der Waals surface area (Å²) in [6.45, 7) is 0.312. The molecule has 9 heteroatoms. The van der Waals surface area contributed by atoms with Crippen LogP contribution in [0.5, 0.6) is 5.75 Å². The van der Waals surface area contributed by atoms with Gasteiger partial charge in [0.1, 0.15) is 17.4 Å². The Morgan fingerprint density at radius 3 is 2.56 bits per heavy atom. The number of nitrogens with zero attached hydrogens (tertiary/aromatic N) is 3. The van der Waals surface area contributed by atoms with Gasteiger partial charge in [-0.25, -0.2) is 0 Å². The molecular formula is C25H16Cl2N4O2S. The van der Waals surface area contributed by atoms with Gasteiger partial charge in [-0.05, 0) is 47.7 Å². The zero-order valence-electron chi connectivity index (χ0n) is 17.5. The van der Waals surface area contributed by atoms with Gasteiger partial charge in [-0.15, -0.1) is 0 Å². The van der Waals surface area contributed by atoms with Gasteiger partial charge >= 0.3 is 0 Å². The molecule has 0 spiro atoms. The molecule has 2 heterocycles. The molecule has 0 bridgehead atoms. The van der Waals surface area contributed by atoms with Crippen molar-refractivity contribution in [2.45, 2.75) is 6.61 Å². The van der Waals surface area contributed by atoms with E-state index < -0.39 is 5.91 Å². The van der Waals surface area contributed by atoms with Crippen LogP contribution in [0.1, 0.15) is 16.7 Å². The number of hydrogen-bond acceptors (Lipinski definition) is 5. The average molecular weight is 507 g/mol. The summed E-state index contributed by atoms with van der Waals surface area (Å²) in [6, 6.07) is 22.0. The highest BCUT2D eigenvalue weighted by Crippen LogP contribution is 2.33. The van der Waals surface area contributed by atoms with E-state index in [9.17, 15) is 4.79 Å². The summed E-state index contributed by atoms with van der Waals surface area (Å²) >= 11 is 13.7. The van der Waals surface area contributed by atoms with E-state index in [0.717, 1.165) is 11.1 Å². The lowest BCUT2D eigenvalue weighted by molar-refractivity contribution is -0.114. The van der Waals surface area contributed by atoms with Crippen LogP contribution in [0, 0.1) is 5.41 Å². The smallest absolute Gasteiger partial charge is 0.283 e. The van der Waals surface area contributed by atoms with Crippen molar-refractivity contribution in [2.24, 2.45) is 10.1 Å². The first-order chi connectivity index (χ1) is 16.5. The maximum absolute atomic E-state index is 12.7. The molecule has 5 rings (SSSR count). The first kappa shape index (κ1) is 22.4. The van der Waals surface area contributed by atoms with E-state index in [1.165, 1.54) is 16.8 Å². The summed E-state index contributed by atoms with van der Waals surface area (Å²) in [6.07, 6.45) is 1.61. The summed E-state index contributed by atoms with van der Waals surface area (Å²) in [5.74, 6) is 0.0673. The van der Waals surface area contributed by atoms with Gasteiger partial charge in [-0.3, -0.25) is 10.2 Å². The zero-order chi connectivity index (χ0) is 23.7. The Morgan fingerprint density at radius 2 is 1.76 bits per heavy atom. The number of hydrazone groups is 1. The molecule has 0 aromatic heterocycles. The van der Waals surface area contributed by atoms with Gasteiger partial charge in [0.2, 0.25) is 5.17 Å². The van der Waals surface area contributed by atoms with E-state index in [2.05, 4.69) is 10.1 Å². The molecule has 1 amide bonds. The maximum atomic E-state index is 12.7. The Hall–Kier alpha value is -3.39. The highest BCUT2D eigenvalue weighted by molar-refractivity contribution is 8.27. The van der Waals surface area contributed by atoms with E-state index in [4.69, 9.17) is 33.3 Å². The second kappa shape index (κ2) is 9.46. The number of amides is 1. The Labute approximate surface area is 210 Å². The molecule has 0 aliphatic carbocycles. The number of fused-ring (bicyclic) bond motifs is 1. The van der Waals surface area contributed by atoms with Crippen LogP contribution in [0.25, 0.3) is 6.08 Å². The Balaban J connectivity index is 1.38. The molecule has 1 N–H and O–H groups in total. The third-order valence-electron chi connectivity index (χ3n) is 5.08. The maximum Gasteiger partial charge on any atom is 0.283 e. The average Bonchev–Trinajstić information content (AvgIpc) is 3.26. The number of carbonyl (C=O) groups excluding carboxylic acids is 1. The van der Waals surface area contributed by atoms with E-state index in [0.29, 0.717) is 38.2 Å². The number of halogens is 2. The van der Waals surface area contributed by atoms with Gasteiger partial charge in [0.25, 0.3) is 5.91 Å². The van der Waals surface area contributed by atoms with Crippen LogP contribution >= 0.6 is 35.0 Å². The van der Waals surface area contributed by atoms with Crippen LogP contribution < -0.4 is 4.74 Å². The van der Waals surface area contributed by atoms with Gasteiger partial charge in [0.05, 0.1) is 10.6 Å². The predicted octanol–water partition coefficient (Wildman–Crippen LogP) is 6.24. The Morgan fingerprint density at radius 1 is 1.00 bits per heavy atom. The van der Waals surface area contributed by atoms with Crippen LogP contribution in [0.4, 0.5) is 0 Å². The van der Waals surface area contributed by atoms with Crippen molar-refractivity contribution < 1.29 is 9.53 Å². The monoisotopic (exact) mass is 506 g/mol. The third-order valence-corrected chi connectivity index (χ3v) is 6.72. The molecule has 0 unspecified atom stereocenters. The molecule has 6 nitrogen and oxygen atoms in total. The normalized spacial score (nSPS) is 16.4. The Kier molecular flexibility index (Phi) is 6.24. The molecule has 0 fully saturated rings. The van der Waals surface area contributed by atoms with E-state index in [1.54, 1.807) is 18.2 Å². The minimum atomic E-state index is -0.498. The third kappa shape index (κ3) is 4.50. The topological polar surface area (TPSA) is 78.1 Å². The lowest BCUT2D eigenvalue weighted by Crippen LogP contribution is -2.35. The molecule has 2 aliphatic heterocycles. The number of carbonyl (C=O) groups is 1. The van der Waals surface area contributed by atoms with Crippen LogP contribution in [0.2, 0.25) is 10.0 Å². The van der Waals surface area contributed by atoms with Crippen LogP contribution in [-0.4, -0.2) is 27.0 Å². The first-order valence-corrected chi connectivity index (χ1v) is 11.8. The van der Waals surface area contributed by atoms with E-state index >= 15 is 0 Å². The fourth-order valence-electron chi connectivity index (χ4n) is 3.37. The summed E-state index contributed by atoms with van der Waals surface area (Å²) < 4.78 is 5.87. The molecule has 0 saturated carbocycles. The molecule has 3 aromatic carbocycles. The number of benzene rings is 3. The fourth-order valence-corrected chi connectivity index (χ4v) is 4.77. The fraction of sp³-hybridized carbons (Fsp3) is 0.0400. The van der Waals surface area contributed by atoms with Crippen molar-refractivity contribution in [2.75, 3.05) is 0 Å². The van der Waals surface area contributed by atoms with Gasteiger partial charge in [0, 0.05) is 16.1 Å². The quantitative estimate of drug-likeness (QED) is 0.415. The second-order valence-corrected chi connectivity index (χ2v) is 9.13. The lowest BCUT2D eigenvalue weighted by Gasteiger charge is -2.20. The molecule has 0 atom stereocenters. The molecule has 34 heavy (non-hydrogen) atoms. The number of rotatable bonds is 5. The number of nitrogens with one attached hydrogen (secondary N) is 1. The van der Waals surface area contributed by atoms with Crippen molar-refractivity contribution in [3.63, 3.8) is 0 Å². The molecule has 2 aliphatic rings. The van der Waals surface area contributed by atoms with Crippen LogP contribution in [0.15, 0.2) is 88.5 Å². The second-order valence-electron chi connectivity index (χ2n) is 7.36.